The minimum Gasteiger partial charge on any atom is -0.381 e. The van der Waals surface area contributed by atoms with Crippen molar-refractivity contribution in [3.8, 4) is 0 Å². The zero-order valence-electron chi connectivity index (χ0n) is 9.58. The molecule has 2 N–H and O–H groups in total. The molecule has 0 amide bonds. The zero-order chi connectivity index (χ0) is 11.6. The smallest absolute Gasteiger partial charge is 0.0469 e. The average Bonchev–Trinajstić information content (AvgIpc) is 2.30. The van der Waals surface area contributed by atoms with Crippen LogP contribution in [0.1, 0.15) is 25.3 Å². The maximum absolute atomic E-state index is 6.53. The highest BCUT2D eigenvalue weighted by Crippen LogP contribution is 2.36. The Morgan fingerprint density at radius 1 is 1.31 bits per heavy atom. The van der Waals surface area contributed by atoms with Crippen LogP contribution in [-0.4, -0.2) is 13.2 Å². The number of rotatable bonds is 2. The molecule has 0 aliphatic carbocycles. The van der Waals surface area contributed by atoms with E-state index in [2.05, 4.69) is 35.0 Å². The van der Waals surface area contributed by atoms with Crippen molar-refractivity contribution in [2.24, 2.45) is 11.7 Å². The van der Waals surface area contributed by atoms with Crippen LogP contribution in [0.5, 0.6) is 0 Å². The SMILES string of the molecule is CC(N)(c1ccccc1Br)C1CCOCC1. The van der Waals surface area contributed by atoms with Crippen LogP contribution in [0.2, 0.25) is 0 Å². The van der Waals surface area contributed by atoms with Gasteiger partial charge in [-0.25, -0.2) is 0 Å². The molecule has 1 aromatic rings. The van der Waals surface area contributed by atoms with Crippen molar-refractivity contribution in [3.63, 3.8) is 0 Å². The van der Waals surface area contributed by atoms with Crippen LogP contribution in [0.25, 0.3) is 0 Å². The van der Waals surface area contributed by atoms with Crippen molar-refractivity contribution in [1.29, 1.82) is 0 Å². The lowest BCUT2D eigenvalue weighted by atomic mass is 9.76. The third kappa shape index (κ3) is 2.31. The quantitative estimate of drug-likeness (QED) is 0.906. The van der Waals surface area contributed by atoms with Crippen molar-refractivity contribution < 1.29 is 4.74 Å². The molecule has 0 radical (unpaired) electrons. The van der Waals surface area contributed by atoms with Crippen molar-refractivity contribution in [3.05, 3.63) is 34.3 Å². The molecule has 0 aromatic heterocycles. The molecule has 2 nitrogen and oxygen atoms in total. The first-order valence-electron chi connectivity index (χ1n) is 5.74. The molecule has 1 aliphatic rings. The summed E-state index contributed by atoms with van der Waals surface area (Å²) in [4.78, 5) is 0. The Kier molecular flexibility index (Phi) is 3.67. The van der Waals surface area contributed by atoms with E-state index in [1.807, 2.05) is 12.1 Å². The van der Waals surface area contributed by atoms with Crippen molar-refractivity contribution in [1.82, 2.24) is 0 Å². The van der Waals surface area contributed by atoms with E-state index in [0.717, 1.165) is 30.5 Å². The van der Waals surface area contributed by atoms with Crippen LogP contribution in [0.4, 0.5) is 0 Å². The summed E-state index contributed by atoms with van der Waals surface area (Å²) < 4.78 is 6.50. The van der Waals surface area contributed by atoms with Gasteiger partial charge in [0.2, 0.25) is 0 Å². The number of ether oxygens (including phenoxy) is 1. The molecular formula is C13H18BrNO. The molecular weight excluding hydrogens is 266 g/mol. The first-order chi connectivity index (χ1) is 7.62. The van der Waals surface area contributed by atoms with E-state index in [4.69, 9.17) is 10.5 Å². The number of hydrogen-bond acceptors (Lipinski definition) is 2. The standard InChI is InChI=1S/C13H18BrNO/c1-13(15,10-6-8-16-9-7-10)11-4-2-3-5-12(11)14/h2-5,10H,6-9,15H2,1H3. The van der Waals surface area contributed by atoms with E-state index in [-0.39, 0.29) is 5.54 Å². The normalized spacial score (nSPS) is 21.7. The van der Waals surface area contributed by atoms with Gasteiger partial charge in [-0.05, 0) is 37.3 Å². The molecule has 16 heavy (non-hydrogen) atoms. The Hall–Kier alpha value is -0.380. The molecule has 1 unspecified atom stereocenters. The zero-order valence-corrected chi connectivity index (χ0v) is 11.2. The van der Waals surface area contributed by atoms with Crippen LogP contribution in [-0.2, 0) is 10.3 Å². The maximum atomic E-state index is 6.53. The largest absolute Gasteiger partial charge is 0.381 e. The topological polar surface area (TPSA) is 35.2 Å². The van der Waals surface area contributed by atoms with E-state index < -0.39 is 0 Å². The third-order valence-electron chi connectivity index (χ3n) is 3.52. The van der Waals surface area contributed by atoms with E-state index in [1.54, 1.807) is 0 Å². The van der Waals surface area contributed by atoms with Crippen molar-refractivity contribution >= 4 is 15.9 Å². The van der Waals surface area contributed by atoms with Gasteiger partial charge in [0.1, 0.15) is 0 Å². The van der Waals surface area contributed by atoms with Gasteiger partial charge in [0.15, 0.2) is 0 Å². The molecule has 1 aliphatic heterocycles. The van der Waals surface area contributed by atoms with Crippen LogP contribution in [0, 0.1) is 5.92 Å². The van der Waals surface area contributed by atoms with Gasteiger partial charge in [0.25, 0.3) is 0 Å². The first kappa shape index (κ1) is 12.1. The summed E-state index contributed by atoms with van der Waals surface area (Å²) in [7, 11) is 0. The highest BCUT2D eigenvalue weighted by Gasteiger charge is 2.34. The van der Waals surface area contributed by atoms with Crippen LogP contribution in [0.3, 0.4) is 0 Å². The second-order valence-electron chi connectivity index (χ2n) is 4.65. The molecule has 0 spiro atoms. The molecule has 3 heteroatoms. The van der Waals surface area contributed by atoms with Crippen molar-refractivity contribution in [2.45, 2.75) is 25.3 Å². The van der Waals surface area contributed by atoms with Gasteiger partial charge < -0.3 is 10.5 Å². The molecule has 88 valence electrons. The number of benzene rings is 1. The fourth-order valence-electron chi connectivity index (χ4n) is 2.42. The number of halogens is 1. The molecule has 1 saturated heterocycles. The predicted octanol–water partition coefficient (Wildman–Crippen LogP) is 3.05. The molecule has 0 saturated carbocycles. The first-order valence-corrected chi connectivity index (χ1v) is 6.53. The summed E-state index contributed by atoms with van der Waals surface area (Å²) in [5, 5.41) is 0. The Bertz CT molecular complexity index is 359. The molecule has 1 atom stereocenters. The predicted molar refractivity (Wildman–Crippen MR) is 69.2 cm³/mol. The number of hydrogen-bond donors (Lipinski definition) is 1. The van der Waals surface area contributed by atoms with E-state index in [9.17, 15) is 0 Å². The second kappa shape index (κ2) is 4.86. The molecule has 0 bridgehead atoms. The summed E-state index contributed by atoms with van der Waals surface area (Å²) >= 11 is 3.59. The summed E-state index contributed by atoms with van der Waals surface area (Å²) in [6.07, 6.45) is 2.10. The Labute approximate surface area is 105 Å². The van der Waals surface area contributed by atoms with Gasteiger partial charge in [-0.2, -0.15) is 0 Å². The van der Waals surface area contributed by atoms with Gasteiger partial charge in [0.05, 0.1) is 0 Å². The van der Waals surface area contributed by atoms with Gasteiger partial charge >= 0.3 is 0 Å². The van der Waals surface area contributed by atoms with E-state index in [1.165, 1.54) is 5.56 Å². The van der Waals surface area contributed by atoms with Crippen LogP contribution >= 0.6 is 15.9 Å². The third-order valence-corrected chi connectivity index (χ3v) is 4.22. The number of nitrogens with two attached hydrogens (primary N) is 1. The minimum atomic E-state index is -0.274. The highest BCUT2D eigenvalue weighted by atomic mass is 79.9. The Balaban J connectivity index is 2.26. The molecule has 2 rings (SSSR count). The Morgan fingerprint density at radius 2 is 1.94 bits per heavy atom. The lowest BCUT2D eigenvalue weighted by molar-refractivity contribution is 0.0410. The van der Waals surface area contributed by atoms with Gasteiger partial charge in [0, 0.05) is 23.2 Å². The highest BCUT2D eigenvalue weighted by molar-refractivity contribution is 9.10. The van der Waals surface area contributed by atoms with Crippen LogP contribution < -0.4 is 5.73 Å². The van der Waals surface area contributed by atoms with Gasteiger partial charge in [-0.3, -0.25) is 0 Å². The van der Waals surface area contributed by atoms with Crippen molar-refractivity contribution in [2.75, 3.05) is 13.2 Å². The fourth-order valence-corrected chi connectivity index (χ4v) is 3.13. The van der Waals surface area contributed by atoms with E-state index in [0.29, 0.717) is 5.92 Å². The van der Waals surface area contributed by atoms with Gasteiger partial charge in [-0.15, -0.1) is 0 Å². The summed E-state index contributed by atoms with van der Waals surface area (Å²) in [6, 6.07) is 8.23. The fraction of sp³-hybridized carbons (Fsp3) is 0.538. The summed E-state index contributed by atoms with van der Waals surface area (Å²) in [5.41, 5.74) is 7.45. The average molecular weight is 284 g/mol. The second-order valence-corrected chi connectivity index (χ2v) is 5.50. The lowest BCUT2D eigenvalue weighted by Gasteiger charge is -2.37. The minimum absolute atomic E-state index is 0.274. The summed E-state index contributed by atoms with van der Waals surface area (Å²) in [5.74, 6) is 0.500. The monoisotopic (exact) mass is 283 g/mol. The molecule has 1 heterocycles. The van der Waals surface area contributed by atoms with E-state index >= 15 is 0 Å². The molecule has 1 aromatic carbocycles. The maximum Gasteiger partial charge on any atom is 0.0469 e. The Morgan fingerprint density at radius 3 is 2.56 bits per heavy atom. The summed E-state index contributed by atoms with van der Waals surface area (Å²) in [6.45, 7) is 3.80. The molecule has 1 fully saturated rings. The van der Waals surface area contributed by atoms with Gasteiger partial charge in [-0.1, -0.05) is 34.1 Å². The lowest BCUT2D eigenvalue weighted by Crippen LogP contribution is -2.44. The van der Waals surface area contributed by atoms with Crippen LogP contribution in [0.15, 0.2) is 28.7 Å².